The zero-order valence-electron chi connectivity index (χ0n) is 9.20. The Labute approximate surface area is 90.8 Å². The van der Waals surface area contributed by atoms with E-state index in [1.165, 1.54) is 12.8 Å². The Morgan fingerprint density at radius 3 is 3.00 bits per heavy atom. The zero-order chi connectivity index (χ0) is 10.7. The third kappa shape index (κ3) is 2.35. The van der Waals surface area contributed by atoms with Gasteiger partial charge < -0.3 is 15.4 Å². The lowest BCUT2D eigenvalue weighted by Gasteiger charge is -2.21. The van der Waals surface area contributed by atoms with Crippen molar-refractivity contribution in [3.05, 3.63) is 18.2 Å². The first-order valence-electron chi connectivity index (χ1n) is 5.51. The minimum Gasteiger partial charge on any atom is -0.491 e. The molecule has 0 unspecified atom stereocenters. The number of fused-ring (bicyclic) bond motifs is 1. The molecule has 15 heavy (non-hydrogen) atoms. The van der Waals surface area contributed by atoms with Crippen molar-refractivity contribution in [2.75, 3.05) is 30.8 Å². The van der Waals surface area contributed by atoms with Crippen molar-refractivity contribution in [3.8, 4) is 5.75 Å². The third-order valence-corrected chi connectivity index (χ3v) is 2.79. The molecule has 1 heterocycles. The molecule has 0 radical (unpaired) electrons. The van der Waals surface area contributed by atoms with Crippen LogP contribution in [0.2, 0.25) is 0 Å². The fraction of sp³-hybridized carbons (Fsp3) is 0.500. The molecule has 1 aromatic rings. The third-order valence-electron chi connectivity index (χ3n) is 2.79. The predicted molar refractivity (Wildman–Crippen MR) is 63.5 cm³/mol. The maximum atomic E-state index is 5.76. The summed E-state index contributed by atoms with van der Waals surface area (Å²) in [5.41, 5.74) is 7.67. The Morgan fingerprint density at radius 2 is 2.13 bits per heavy atom. The molecule has 0 spiro atoms. The highest BCUT2D eigenvalue weighted by Crippen LogP contribution is 2.31. The molecule has 0 aromatic heterocycles. The number of nitrogens with two attached hydrogens (primary N) is 1. The molecule has 2 N–H and O–H groups in total. The summed E-state index contributed by atoms with van der Waals surface area (Å²) in [7, 11) is 2.10. The van der Waals surface area contributed by atoms with Crippen LogP contribution in [0.25, 0.3) is 0 Å². The highest BCUT2D eigenvalue weighted by Gasteiger charge is 2.10. The summed E-state index contributed by atoms with van der Waals surface area (Å²) in [4.78, 5) is 2.24. The molecule has 0 bridgehead atoms. The van der Waals surface area contributed by atoms with E-state index >= 15 is 0 Å². The number of hydrogen-bond donors (Lipinski definition) is 1. The van der Waals surface area contributed by atoms with Crippen LogP contribution in [0.5, 0.6) is 5.75 Å². The van der Waals surface area contributed by atoms with Crippen LogP contribution in [0.3, 0.4) is 0 Å². The first-order valence-corrected chi connectivity index (χ1v) is 5.51. The van der Waals surface area contributed by atoms with Crippen LogP contribution in [0, 0.1) is 0 Å². The maximum Gasteiger partial charge on any atom is 0.144 e. The molecule has 1 aliphatic heterocycles. The van der Waals surface area contributed by atoms with E-state index in [0.29, 0.717) is 0 Å². The van der Waals surface area contributed by atoms with Crippen molar-refractivity contribution in [3.63, 3.8) is 0 Å². The molecule has 0 amide bonds. The van der Waals surface area contributed by atoms with Gasteiger partial charge in [0.1, 0.15) is 5.75 Å². The summed E-state index contributed by atoms with van der Waals surface area (Å²) in [5.74, 6) is 0.916. The van der Waals surface area contributed by atoms with Gasteiger partial charge in [0.2, 0.25) is 0 Å². The molecule has 3 nitrogen and oxygen atoms in total. The van der Waals surface area contributed by atoms with Crippen molar-refractivity contribution in [2.45, 2.75) is 19.3 Å². The first kappa shape index (κ1) is 10.1. The number of nitrogen functional groups attached to an aromatic ring is 1. The highest BCUT2D eigenvalue weighted by molar-refractivity contribution is 5.63. The molecule has 0 atom stereocenters. The fourth-order valence-corrected chi connectivity index (χ4v) is 1.89. The lowest BCUT2D eigenvalue weighted by Crippen LogP contribution is -2.18. The average molecular weight is 206 g/mol. The van der Waals surface area contributed by atoms with E-state index in [2.05, 4.69) is 11.9 Å². The molecular weight excluding hydrogens is 188 g/mol. The van der Waals surface area contributed by atoms with Gasteiger partial charge in [0.25, 0.3) is 0 Å². The molecule has 0 fully saturated rings. The van der Waals surface area contributed by atoms with E-state index in [4.69, 9.17) is 10.5 Å². The van der Waals surface area contributed by atoms with Crippen LogP contribution in [0.15, 0.2) is 18.2 Å². The average Bonchev–Trinajstić information content (AvgIpc) is 2.30. The second-order valence-corrected chi connectivity index (χ2v) is 4.06. The predicted octanol–water partition coefficient (Wildman–Crippen LogP) is 2.27. The summed E-state index contributed by atoms with van der Waals surface area (Å²) >= 11 is 0. The Bertz CT molecular complexity index is 338. The van der Waals surface area contributed by atoms with Gasteiger partial charge in [-0.3, -0.25) is 0 Å². The summed E-state index contributed by atoms with van der Waals surface area (Å²) < 4.78 is 5.74. The molecule has 0 saturated heterocycles. The number of ether oxygens (including phenoxy) is 1. The number of rotatable bonds is 0. The normalized spacial score (nSPS) is 17.0. The Kier molecular flexibility index (Phi) is 2.99. The van der Waals surface area contributed by atoms with Gasteiger partial charge in [0, 0.05) is 25.3 Å². The van der Waals surface area contributed by atoms with Gasteiger partial charge in [0.15, 0.2) is 0 Å². The van der Waals surface area contributed by atoms with Gasteiger partial charge in [-0.25, -0.2) is 0 Å². The number of anilines is 2. The number of nitrogens with zero attached hydrogens (tertiary/aromatic N) is 1. The molecule has 1 aliphatic rings. The van der Waals surface area contributed by atoms with E-state index in [9.17, 15) is 0 Å². The molecule has 0 aliphatic carbocycles. The smallest absolute Gasteiger partial charge is 0.144 e. The van der Waals surface area contributed by atoms with E-state index in [-0.39, 0.29) is 0 Å². The van der Waals surface area contributed by atoms with Gasteiger partial charge >= 0.3 is 0 Å². The minimum atomic E-state index is 0.765. The van der Waals surface area contributed by atoms with E-state index in [1.54, 1.807) is 0 Å². The van der Waals surface area contributed by atoms with E-state index < -0.39 is 0 Å². The monoisotopic (exact) mass is 206 g/mol. The Morgan fingerprint density at radius 1 is 1.27 bits per heavy atom. The van der Waals surface area contributed by atoms with Crippen molar-refractivity contribution in [2.24, 2.45) is 0 Å². The van der Waals surface area contributed by atoms with Gasteiger partial charge in [0.05, 0.1) is 12.3 Å². The van der Waals surface area contributed by atoms with Crippen LogP contribution < -0.4 is 15.4 Å². The van der Waals surface area contributed by atoms with Gasteiger partial charge in [-0.15, -0.1) is 0 Å². The number of benzene rings is 1. The van der Waals surface area contributed by atoms with Crippen LogP contribution in [0.4, 0.5) is 11.4 Å². The van der Waals surface area contributed by atoms with Crippen LogP contribution in [0.1, 0.15) is 19.3 Å². The van der Waals surface area contributed by atoms with Crippen molar-refractivity contribution in [1.29, 1.82) is 0 Å². The Hall–Kier alpha value is -1.38. The molecular formula is C12H18N2O. The van der Waals surface area contributed by atoms with E-state index in [0.717, 1.165) is 36.7 Å². The van der Waals surface area contributed by atoms with Gasteiger partial charge in [-0.1, -0.05) is 0 Å². The molecule has 0 saturated carbocycles. The molecule has 2 rings (SSSR count). The topological polar surface area (TPSA) is 38.5 Å². The molecule has 1 aromatic carbocycles. The summed E-state index contributed by atoms with van der Waals surface area (Å²) in [6, 6.07) is 5.88. The fourth-order valence-electron chi connectivity index (χ4n) is 1.89. The Balaban J connectivity index is 2.31. The highest BCUT2D eigenvalue weighted by atomic mass is 16.5. The SMILES string of the molecule is CN1CCCCCOc2cc(N)ccc21. The lowest BCUT2D eigenvalue weighted by molar-refractivity contribution is 0.309. The van der Waals surface area contributed by atoms with Gasteiger partial charge in [-0.05, 0) is 31.4 Å². The van der Waals surface area contributed by atoms with Gasteiger partial charge in [-0.2, -0.15) is 0 Å². The van der Waals surface area contributed by atoms with Crippen LogP contribution in [-0.2, 0) is 0 Å². The standard InChI is InChI=1S/C12H18N2O/c1-14-7-3-2-4-8-15-12-9-10(13)5-6-11(12)14/h5-6,9H,2-4,7-8,13H2,1H3. The zero-order valence-corrected chi connectivity index (χ0v) is 9.20. The summed E-state index contributed by atoms with van der Waals surface area (Å²) in [5, 5.41) is 0. The second-order valence-electron chi connectivity index (χ2n) is 4.06. The molecule has 3 heteroatoms. The van der Waals surface area contributed by atoms with Crippen LogP contribution >= 0.6 is 0 Å². The summed E-state index contributed by atoms with van der Waals surface area (Å²) in [6.07, 6.45) is 3.58. The van der Waals surface area contributed by atoms with Crippen molar-refractivity contribution in [1.82, 2.24) is 0 Å². The number of hydrogen-bond acceptors (Lipinski definition) is 3. The maximum absolute atomic E-state index is 5.76. The van der Waals surface area contributed by atoms with E-state index in [1.807, 2.05) is 18.2 Å². The lowest BCUT2D eigenvalue weighted by atomic mass is 10.2. The van der Waals surface area contributed by atoms with Crippen molar-refractivity contribution < 1.29 is 4.74 Å². The quantitative estimate of drug-likeness (QED) is 0.662. The van der Waals surface area contributed by atoms with Crippen LogP contribution in [-0.4, -0.2) is 20.2 Å². The second kappa shape index (κ2) is 4.43. The largest absolute Gasteiger partial charge is 0.491 e. The minimum absolute atomic E-state index is 0.765. The summed E-state index contributed by atoms with van der Waals surface area (Å²) in [6.45, 7) is 1.88. The first-order chi connectivity index (χ1) is 7.27. The molecule has 82 valence electrons. The van der Waals surface area contributed by atoms with Crippen molar-refractivity contribution >= 4 is 11.4 Å².